The molecule has 0 aliphatic heterocycles. The van der Waals surface area contributed by atoms with Crippen LogP contribution in [0.4, 0.5) is 8.78 Å². The van der Waals surface area contributed by atoms with Gasteiger partial charge in [0.15, 0.2) is 0 Å². The van der Waals surface area contributed by atoms with Gasteiger partial charge in [0.05, 0.1) is 13.1 Å². The van der Waals surface area contributed by atoms with Gasteiger partial charge in [-0.2, -0.15) is 0 Å². The second kappa shape index (κ2) is 4.40. The second-order valence-electron chi connectivity index (χ2n) is 3.41. The van der Waals surface area contributed by atoms with Crippen molar-refractivity contribution in [2.24, 2.45) is 5.73 Å². The van der Waals surface area contributed by atoms with E-state index in [0.717, 1.165) is 12.1 Å². The molecule has 84 valence electrons. The maximum Gasteiger partial charge on any atom is 0.128 e. The van der Waals surface area contributed by atoms with Crippen molar-refractivity contribution < 1.29 is 8.78 Å². The van der Waals surface area contributed by atoms with Gasteiger partial charge in [-0.1, -0.05) is 0 Å². The molecule has 2 aromatic rings. The van der Waals surface area contributed by atoms with Gasteiger partial charge < -0.3 is 10.3 Å². The highest BCUT2D eigenvalue weighted by Gasteiger charge is 2.07. The molecule has 5 heteroatoms. The molecule has 2 rings (SSSR count). The minimum Gasteiger partial charge on any atom is -0.329 e. The molecule has 1 heterocycles. The summed E-state index contributed by atoms with van der Waals surface area (Å²) in [7, 11) is 0. The van der Waals surface area contributed by atoms with Crippen molar-refractivity contribution in [3.63, 3.8) is 0 Å². The van der Waals surface area contributed by atoms with Crippen molar-refractivity contribution in [3.8, 4) is 0 Å². The maximum absolute atomic E-state index is 13.4. The molecule has 3 nitrogen and oxygen atoms in total. The molecule has 0 spiro atoms. The molecule has 0 fully saturated rings. The van der Waals surface area contributed by atoms with Crippen LogP contribution in [0.5, 0.6) is 0 Å². The predicted octanol–water partition coefficient (Wildman–Crippen LogP) is 1.67. The third-order valence-electron chi connectivity index (χ3n) is 2.33. The lowest BCUT2D eigenvalue weighted by Gasteiger charge is -2.07. The van der Waals surface area contributed by atoms with Crippen molar-refractivity contribution in [2.75, 3.05) is 0 Å². The van der Waals surface area contributed by atoms with Crippen LogP contribution < -0.4 is 5.73 Å². The van der Waals surface area contributed by atoms with Gasteiger partial charge in [-0.25, -0.2) is 13.8 Å². The Balaban J connectivity index is 2.30. The summed E-state index contributed by atoms with van der Waals surface area (Å²) in [5, 5.41) is 0. The fourth-order valence-electron chi connectivity index (χ4n) is 1.52. The first-order valence-electron chi connectivity index (χ1n) is 4.84. The van der Waals surface area contributed by atoms with Gasteiger partial charge in [0.1, 0.15) is 17.5 Å². The largest absolute Gasteiger partial charge is 0.329 e. The van der Waals surface area contributed by atoms with Crippen molar-refractivity contribution >= 4 is 0 Å². The summed E-state index contributed by atoms with van der Waals surface area (Å²) >= 11 is 0. The van der Waals surface area contributed by atoms with Gasteiger partial charge in [0, 0.05) is 18.0 Å². The van der Waals surface area contributed by atoms with Crippen LogP contribution in [0.15, 0.2) is 30.6 Å². The smallest absolute Gasteiger partial charge is 0.128 e. The Bertz CT molecular complexity index is 494. The first-order chi connectivity index (χ1) is 7.70. The predicted molar refractivity (Wildman–Crippen MR) is 55.6 cm³/mol. The molecule has 0 aliphatic rings. The van der Waals surface area contributed by atoms with E-state index >= 15 is 0 Å². The van der Waals surface area contributed by atoms with Crippen LogP contribution >= 0.6 is 0 Å². The molecule has 2 N–H and O–H groups in total. The van der Waals surface area contributed by atoms with Crippen LogP contribution in [-0.2, 0) is 13.1 Å². The Kier molecular flexibility index (Phi) is 2.96. The zero-order valence-corrected chi connectivity index (χ0v) is 8.53. The highest BCUT2D eigenvalue weighted by molar-refractivity contribution is 5.19. The van der Waals surface area contributed by atoms with Gasteiger partial charge >= 0.3 is 0 Å². The van der Waals surface area contributed by atoms with E-state index in [1.807, 2.05) is 0 Å². The lowest BCUT2D eigenvalue weighted by molar-refractivity contribution is 0.573. The molecule has 0 bridgehead atoms. The second-order valence-corrected chi connectivity index (χ2v) is 3.41. The summed E-state index contributed by atoms with van der Waals surface area (Å²) in [5.41, 5.74) is 5.75. The maximum atomic E-state index is 13.4. The lowest BCUT2D eigenvalue weighted by Crippen LogP contribution is -2.09. The zero-order chi connectivity index (χ0) is 11.5. The number of benzene rings is 1. The summed E-state index contributed by atoms with van der Waals surface area (Å²) in [4.78, 5) is 4.00. The van der Waals surface area contributed by atoms with Crippen molar-refractivity contribution in [1.82, 2.24) is 9.55 Å². The molecular weight excluding hydrogens is 212 g/mol. The number of nitrogens with zero attached hydrogens (tertiary/aromatic N) is 2. The van der Waals surface area contributed by atoms with E-state index in [4.69, 9.17) is 5.73 Å². The van der Waals surface area contributed by atoms with Gasteiger partial charge in [0.25, 0.3) is 0 Å². The van der Waals surface area contributed by atoms with E-state index in [1.165, 1.54) is 6.07 Å². The Hall–Kier alpha value is -1.75. The van der Waals surface area contributed by atoms with E-state index in [9.17, 15) is 8.78 Å². The normalized spacial score (nSPS) is 10.7. The van der Waals surface area contributed by atoms with Gasteiger partial charge in [0.2, 0.25) is 0 Å². The molecule has 0 aliphatic carbocycles. The molecule has 0 radical (unpaired) electrons. The third kappa shape index (κ3) is 2.09. The molecule has 0 saturated heterocycles. The summed E-state index contributed by atoms with van der Waals surface area (Å²) < 4.78 is 28.0. The van der Waals surface area contributed by atoms with Crippen LogP contribution in [0.2, 0.25) is 0 Å². The van der Waals surface area contributed by atoms with Crippen LogP contribution in [-0.4, -0.2) is 9.55 Å². The number of nitrogens with two attached hydrogens (primary N) is 1. The summed E-state index contributed by atoms with van der Waals surface area (Å²) in [6, 6.07) is 3.38. The van der Waals surface area contributed by atoms with Crippen molar-refractivity contribution in [2.45, 2.75) is 13.1 Å². The number of rotatable bonds is 3. The van der Waals surface area contributed by atoms with Gasteiger partial charge in [-0.05, 0) is 18.2 Å². The summed E-state index contributed by atoms with van der Waals surface area (Å²) in [6.07, 6.45) is 3.27. The first-order valence-corrected chi connectivity index (χ1v) is 4.84. The van der Waals surface area contributed by atoms with E-state index in [2.05, 4.69) is 4.98 Å². The van der Waals surface area contributed by atoms with E-state index < -0.39 is 11.6 Å². The molecule has 16 heavy (non-hydrogen) atoms. The minimum absolute atomic E-state index is 0.232. The average Bonchev–Trinajstić information content (AvgIpc) is 2.71. The van der Waals surface area contributed by atoms with Crippen molar-refractivity contribution in [1.29, 1.82) is 0 Å². The topological polar surface area (TPSA) is 43.8 Å². The third-order valence-corrected chi connectivity index (χ3v) is 2.33. The molecule has 0 amide bonds. The van der Waals surface area contributed by atoms with Gasteiger partial charge in [-0.3, -0.25) is 0 Å². The number of halogens is 2. The SMILES string of the molecule is NCc1nccn1Cc1cc(F)ccc1F. The first kappa shape index (κ1) is 10.8. The molecule has 0 saturated carbocycles. The Labute approximate surface area is 91.5 Å². The van der Waals surface area contributed by atoms with Crippen LogP contribution in [0.3, 0.4) is 0 Å². The quantitative estimate of drug-likeness (QED) is 0.860. The molecule has 0 unspecified atom stereocenters. The van der Waals surface area contributed by atoms with E-state index in [0.29, 0.717) is 5.82 Å². The number of hydrogen-bond acceptors (Lipinski definition) is 2. The average molecular weight is 223 g/mol. The molecule has 1 aromatic carbocycles. The van der Waals surface area contributed by atoms with Gasteiger partial charge in [-0.15, -0.1) is 0 Å². The fourth-order valence-corrected chi connectivity index (χ4v) is 1.52. The monoisotopic (exact) mass is 223 g/mol. The Morgan fingerprint density at radius 1 is 1.31 bits per heavy atom. The zero-order valence-electron chi connectivity index (χ0n) is 8.53. The van der Waals surface area contributed by atoms with Crippen LogP contribution in [0.25, 0.3) is 0 Å². The Morgan fingerprint density at radius 2 is 2.12 bits per heavy atom. The standard InChI is InChI=1S/C11H11F2N3/c12-9-1-2-10(13)8(5-9)7-16-4-3-15-11(16)6-14/h1-5H,6-7,14H2. The summed E-state index contributed by atoms with van der Waals surface area (Å²) in [6.45, 7) is 0.500. The lowest BCUT2D eigenvalue weighted by atomic mass is 10.2. The number of aromatic nitrogens is 2. The molecular formula is C11H11F2N3. The minimum atomic E-state index is -0.453. The summed E-state index contributed by atoms with van der Waals surface area (Å²) in [5.74, 6) is -0.243. The van der Waals surface area contributed by atoms with E-state index in [1.54, 1.807) is 17.0 Å². The number of imidazole rings is 1. The molecule has 0 atom stereocenters. The van der Waals surface area contributed by atoms with E-state index in [-0.39, 0.29) is 18.7 Å². The highest BCUT2D eigenvalue weighted by atomic mass is 19.1. The van der Waals surface area contributed by atoms with Crippen LogP contribution in [0, 0.1) is 11.6 Å². The number of hydrogen-bond donors (Lipinski definition) is 1. The molecule has 1 aromatic heterocycles. The fraction of sp³-hybridized carbons (Fsp3) is 0.182. The highest BCUT2D eigenvalue weighted by Crippen LogP contribution is 2.12. The van der Waals surface area contributed by atoms with Crippen LogP contribution in [0.1, 0.15) is 11.4 Å². The Morgan fingerprint density at radius 3 is 2.88 bits per heavy atom. The van der Waals surface area contributed by atoms with Crippen molar-refractivity contribution in [3.05, 3.63) is 53.6 Å².